The molecule has 1 N–H and O–H groups in total. The van der Waals surface area contributed by atoms with Crippen molar-refractivity contribution in [1.29, 1.82) is 0 Å². The molecule has 2 aliphatic rings. The Labute approximate surface area is 212 Å². The zero-order valence-corrected chi connectivity index (χ0v) is 21.3. The van der Waals surface area contributed by atoms with E-state index in [1.165, 1.54) is 18.2 Å². The summed E-state index contributed by atoms with van der Waals surface area (Å²) in [6.45, 7) is 1.87. The van der Waals surface area contributed by atoms with Crippen molar-refractivity contribution in [3.05, 3.63) is 56.5 Å². The Kier molecular flexibility index (Phi) is 7.54. The molecule has 2 heterocycles. The third kappa shape index (κ3) is 4.96. The maximum atomic E-state index is 12.9. The number of amides is 3. The van der Waals surface area contributed by atoms with Crippen molar-refractivity contribution in [1.82, 2.24) is 10.3 Å². The van der Waals surface area contributed by atoms with Gasteiger partial charge in [-0.25, -0.2) is 5.01 Å². The van der Waals surface area contributed by atoms with Crippen LogP contribution in [0, 0.1) is 0 Å². The molecule has 3 amide bonds. The van der Waals surface area contributed by atoms with Crippen LogP contribution in [0.3, 0.4) is 0 Å². The quantitative estimate of drug-likeness (QED) is 0.408. The molecule has 34 heavy (non-hydrogen) atoms. The second-order valence-corrected chi connectivity index (χ2v) is 8.97. The Bertz CT molecular complexity index is 1150. The summed E-state index contributed by atoms with van der Waals surface area (Å²) >= 11 is 6.96. The van der Waals surface area contributed by atoms with Crippen LogP contribution in [0.2, 0.25) is 0 Å². The molecule has 11 heteroatoms. The highest BCUT2D eigenvalue weighted by Gasteiger charge is 2.35. The third-order valence-electron chi connectivity index (χ3n) is 5.29. The van der Waals surface area contributed by atoms with E-state index in [1.54, 1.807) is 35.2 Å². The molecule has 0 spiro atoms. The number of ether oxygens (including phenoxy) is 3. The van der Waals surface area contributed by atoms with Crippen LogP contribution in [0.4, 0.5) is 5.69 Å². The van der Waals surface area contributed by atoms with Crippen molar-refractivity contribution in [2.75, 3.05) is 45.0 Å². The predicted octanol–water partition coefficient (Wildman–Crippen LogP) is 2.92. The van der Waals surface area contributed by atoms with Crippen LogP contribution in [0.1, 0.15) is 5.56 Å². The zero-order valence-electron chi connectivity index (χ0n) is 18.2. The van der Waals surface area contributed by atoms with E-state index in [-0.39, 0.29) is 18.1 Å². The first-order valence-electron chi connectivity index (χ1n) is 10.4. The molecule has 2 aromatic carbocycles. The van der Waals surface area contributed by atoms with Crippen molar-refractivity contribution in [2.45, 2.75) is 0 Å². The van der Waals surface area contributed by atoms with Crippen LogP contribution in [-0.2, 0) is 19.1 Å². The zero-order chi connectivity index (χ0) is 24.2. The van der Waals surface area contributed by atoms with E-state index in [9.17, 15) is 14.4 Å². The molecule has 2 saturated heterocycles. The topological polar surface area (TPSA) is 97.4 Å². The lowest BCUT2D eigenvalue weighted by Gasteiger charge is -2.27. The molecular weight excluding hydrogens is 574 g/mol. The van der Waals surface area contributed by atoms with Crippen LogP contribution < -0.4 is 19.9 Å². The summed E-state index contributed by atoms with van der Waals surface area (Å²) in [4.78, 5) is 39.6. The minimum Gasteiger partial charge on any atom is -0.493 e. The molecule has 0 bridgehead atoms. The number of halogens is 2. The standard InChI is InChI=1S/C23H21Br2N3O6/c1-32-17-12-14(11-16-22(30)26-28(23(16)31)15-5-3-2-4-6-15)19(24)20(25)21(17)34-13-18(29)27-7-9-33-10-8-27/h2-6,11-12H,7-10,13H2,1H3,(H,26,30)/b16-11-. The number of nitrogens with one attached hydrogen (secondary N) is 1. The molecule has 0 aliphatic carbocycles. The summed E-state index contributed by atoms with van der Waals surface area (Å²) in [6.07, 6.45) is 1.47. The SMILES string of the molecule is COc1cc(/C=C2/C(=O)NN(c3ccccc3)C2=O)c(Br)c(Br)c1OCC(=O)N1CCOCC1. The molecule has 2 fully saturated rings. The molecule has 0 unspecified atom stereocenters. The van der Waals surface area contributed by atoms with Gasteiger partial charge in [0.15, 0.2) is 18.1 Å². The monoisotopic (exact) mass is 593 g/mol. The summed E-state index contributed by atoms with van der Waals surface area (Å²) in [6, 6.07) is 10.4. The number of nitrogens with zero attached hydrogens (tertiary/aromatic N) is 2. The molecule has 0 atom stereocenters. The Hall–Kier alpha value is -2.89. The lowest BCUT2D eigenvalue weighted by molar-refractivity contribution is -0.137. The molecule has 0 saturated carbocycles. The normalized spacial score (nSPS) is 17.2. The van der Waals surface area contributed by atoms with Gasteiger partial charge >= 0.3 is 0 Å². The Morgan fingerprint density at radius 1 is 1.15 bits per heavy atom. The molecule has 4 rings (SSSR count). The van der Waals surface area contributed by atoms with Gasteiger partial charge in [0, 0.05) is 17.6 Å². The van der Waals surface area contributed by atoms with Gasteiger partial charge in [0.05, 0.1) is 30.5 Å². The number of carbonyl (C=O) groups excluding carboxylic acids is 3. The summed E-state index contributed by atoms with van der Waals surface area (Å²) < 4.78 is 17.5. The first-order valence-corrected chi connectivity index (χ1v) is 12.0. The van der Waals surface area contributed by atoms with Gasteiger partial charge in [-0.15, -0.1) is 0 Å². The van der Waals surface area contributed by atoms with Crippen molar-refractivity contribution in [2.24, 2.45) is 0 Å². The fourth-order valence-corrected chi connectivity index (χ4v) is 4.45. The average Bonchev–Trinajstić information content (AvgIpc) is 3.15. The van der Waals surface area contributed by atoms with E-state index in [4.69, 9.17) is 14.2 Å². The smallest absolute Gasteiger partial charge is 0.282 e. The third-order valence-corrected chi connectivity index (χ3v) is 7.43. The van der Waals surface area contributed by atoms with Crippen LogP contribution >= 0.6 is 31.9 Å². The number of hydrogen-bond acceptors (Lipinski definition) is 6. The number of rotatable bonds is 6. The number of carbonyl (C=O) groups is 3. The van der Waals surface area contributed by atoms with Crippen molar-refractivity contribution < 1.29 is 28.6 Å². The molecule has 9 nitrogen and oxygen atoms in total. The highest BCUT2D eigenvalue weighted by molar-refractivity contribution is 9.13. The maximum Gasteiger partial charge on any atom is 0.282 e. The van der Waals surface area contributed by atoms with Crippen LogP contribution in [0.5, 0.6) is 11.5 Å². The van der Waals surface area contributed by atoms with Gasteiger partial charge in [0.1, 0.15) is 5.57 Å². The second kappa shape index (κ2) is 10.6. The maximum absolute atomic E-state index is 12.9. The first-order chi connectivity index (χ1) is 16.4. The number of hydrogen-bond donors (Lipinski definition) is 1. The summed E-state index contributed by atoms with van der Waals surface area (Å²) in [7, 11) is 1.47. The van der Waals surface area contributed by atoms with E-state index in [1.807, 2.05) is 6.07 Å². The van der Waals surface area contributed by atoms with E-state index in [0.29, 0.717) is 58.0 Å². The van der Waals surface area contributed by atoms with E-state index >= 15 is 0 Å². The van der Waals surface area contributed by atoms with Gasteiger partial charge in [0.25, 0.3) is 17.7 Å². The highest BCUT2D eigenvalue weighted by atomic mass is 79.9. The van der Waals surface area contributed by atoms with E-state index < -0.39 is 11.8 Å². The summed E-state index contributed by atoms with van der Waals surface area (Å²) in [5, 5.41) is 1.20. The molecular formula is C23H21Br2N3O6. The lowest BCUT2D eigenvalue weighted by Crippen LogP contribution is -2.43. The molecule has 0 aromatic heterocycles. The number of benzene rings is 2. The summed E-state index contributed by atoms with van der Waals surface area (Å²) in [5.74, 6) is -0.496. The van der Waals surface area contributed by atoms with Gasteiger partial charge in [-0.3, -0.25) is 19.8 Å². The van der Waals surface area contributed by atoms with E-state index in [0.717, 1.165) is 0 Å². The highest BCUT2D eigenvalue weighted by Crippen LogP contribution is 2.43. The molecule has 2 aliphatic heterocycles. The Morgan fingerprint density at radius 3 is 2.53 bits per heavy atom. The Balaban J connectivity index is 1.58. The largest absolute Gasteiger partial charge is 0.493 e. The molecule has 178 valence electrons. The average molecular weight is 595 g/mol. The minimum atomic E-state index is -0.521. The number of hydrazine groups is 1. The number of methoxy groups -OCH3 is 1. The van der Waals surface area contributed by atoms with Crippen LogP contribution in [0.15, 0.2) is 50.9 Å². The van der Waals surface area contributed by atoms with Crippen molar-refractivity contribution >= 4 is 61.3 Å². The van der Waals surface area contributed by atoms with Gasteiger partial charge in [0.2, 0.25) is 0 Å². The fraction of sp³-hybridized carbons (Fsp3) is 0.261. The number of para-hydroxylation sites is 1. The van der Waals surface area contributed by atoms with Gasteiger partial charge in [-0.2, -0.15) is 0 Å². The van der Waals surface area contributed by atoms with Gasteiger partial charge in [-0.05, 0) is 61.7 Å². The van der Waals surface area contributed by atoms with Crippen molar-refractivity contribution in [3.8, 4) is 11.5 Å². The lowest BCUT2D eigenvalue weighted by atomic mass is 10.1. The second-order valence-electron chi connectivity index (χ2n) is 7.38. The first kappa shape index (κ1) is 24.2. The van der Waals surface area contributed by atoms with Crippen LogP contribution in [-0.4, -0.2) is 62.6 Å². The van der Waals surface area contributed by atoms with Gasteiger partial charge in [-0.1, -0.05) is 18.2 Å². The fourth-order valence-electron chi connectivity index (χ4n) is 3.51. The van der Waals surface area contributed by atoms with E-state index in [2.05, 4.69) is 37.3 Å². The predicted molar refractivity (Wildman–Crippen MR) is 131 cm³/mol. The van der Waals surface area contributed by atoms with Gasteiger partial charge < -0.3 is 19.1 Å². The Morgan fingerprint density at radius 2 is 1.85 bits per heavy atom. The molecule has 0 radical (unpaired) electrons. The molecule has 2 aromatic rings. The van der Waals surface area contributed by atoms with Crippen LogP contribution in [0.25, 0.3) is 6.08 Å². The minimum absolute atomic E-state index is 0.0327. The number of morpholine rings is 1. The van der Waals surface area contributed by atoms with Crippen molar-refractivity contribution in [3.63, 3.8) is 0 Å². The number of anilines is 1. The summed E-state index contributed by atoms with van der Waals surface area (Å²) in [5.41, 5.74) is 3.61.